The van der Waals surface area contributed by atoms with E-state index in [4.69, 9.17) is 4.74 Å². The van der Waals surface area contributed by atoms with Crippen molar-refractivity contribution in [1.82, 2.24) is 9.80 Å². The van der Waals surface area contributed by atoms with Gasteiger partial charge in [-0.1, -0.05) is 18.2 Å². The van der Waals surface area contributed by atoms with Gasteiger partial charge in [0.15, 0.2) is 0 Å². The van der Waals surface area contributed by atoms with Crippen LogP contribution in [0.5, 0.6) is 5.75 Å². The first kappa shape index (κ1) is 22.2. The molecule has 0 N–H and O–H groups in total. The molecule has 2 heterocycles. The van der Waals surface area contributed by atoms with Crippen LogP contribution in [0.3, 0.4) is 0 Å². The molecule has 2 aliphatic heterocycles. The summed E-state index contributed by atoms with van der Waals surface area (Å²) < 4.78 is 43.9. The van der Waals surface area contributed by atoms with Gasteiger partial charge in [0.25, 0.3) is 0 Å². The van der Waals surface area contributed by atoms with Gasteiger partial charge in [-0.05, 0) is 73.6 Å². The lowest BCUT2D eigenvalue weighted by Crippen LogP contribution is -2.55. The van der Waals surface area contributed by atoms with Gasteiger partial charge < -0.3 is 4.74 Å². The summed E-state index contributed by atoms with van der Waals surface area (Å²) in [4.78, 5) is 5.04. The fourth-order valence-corrected chi connectivity index (χ4v) is 5.25. The van der Waals surface area contributed by atoms with Crippen LogP contribution >= 0.6 is 0 Å². The number of hydrogen-bond donors (Lipinski definition) is 0. The molecule has 0 radical (unpaired) electrons. The molecule has 31 heavy (non-hydrogen) atoms. The maximum atomic E-state index is 12.8. The minimum atomic E-state index is -4.28. The summed E-state index contributed by atoms with van der Waals surface area (Å²) in [6.45, 7) is 7.90. The lowest BCUT2D eigenvalue weighted by molar-refractivity contribution is -0.137. The number of hydrogen-bond acceptors (Lipinski definition) is 3. The molecule has 0 aromatic heterocycles. The number of fused-ring (bicyclic) bond motifs is 1. The van der Waals surface area contributed by atoms with Crippen molar-refractivity contribution in [2.45, 2.75) is 57.9 Å². The molecular weight excluding hydrogens is 401 g/mol. The highest BCUT2D eigenvalue weighted by molar-refractivity contribution is 5.45. The van der Waals surface area contributed by atoms with Crippen LogP contribution in [0.2, 0.25) is 0 Å². The Kier molecular flexibility index (Phi) is 6.31. The van der Waals surface area contributed by atoms with Gasteiger partial charge in [0.2, 0.25) is 0 Å². The van der Waals surface area contributed by atoms with Crippen LogP contribution in [0.15, 0.2) is 36.4 Å². The molecular formula is C25H31F3N2O. The second-order valence-corrected chi connectivity index (χ2v) is 8.88. The fourth-order valence-electron chi connectivity index (χ4n) is 5.25. The van der Waals surface area contributed by atoms with Gasteiger partial charge in [-0.3, -0.25) is 9.80 Å². The minimum Gasteiger partial charge on any atom is -0.496 e. The molecule has 0 spiro atoms. The number of methoxy groups -OCH3 is 1. The maximum Gasteiger partial charge on any atom is 0.416 e. The molecule has 0 bridgehead atoms. The van der Waals surface area contributed by atoms with Crippen LogP contribution < -0.4 is 4.74 Å². The summed E-state index contributed by atoms with van der Waals surface area (Å²) in [6, 6.07) is 10.8. The zero-order valence-electron chi connectivity index (χ0n) is 18.5. The third kappa shape index (κ3) is 4.60. The summed E-state index contributed by atoms with van der Waals surface area (Å²) >= 11 is 0. The van der Waals surface area contributed by atoms with E-state index in [2.05, 4.69) is 35.8 Å². The summed E-state index contributed by atoms with van der Waals surface area (Å²) in [6.07, 6.45) is -0.736. The van der Waals surface area contributed by atoms with E-state index in [1.54, 1.807) is 19.2 Å². The van der Waals surface area contributed by atoms with Gasteiger partial charge in [-0.25, -0.2) is 0 Å². The van der Waals surface area contributed by atoms with E-state index in [9.17, 15) is 13.2 Å². The Hall–Kier alpha value is -2.05. The van der Waals surface area contributed by atoms with E-state index in [1.807, 2.05) is 0 Å². The van der Waals surface area contributed by atoms with E-state index in [0.717, 1.165) is 30.9 Å². The van der Waals surface area contributed by atoms with Gasteiger partial charge in [0.05, 0.1) is 12.7 Å². The Morgan fingerprint density at radius 2 is 1.71 bits per heavy atom. The second-order valence-electron chi connectivity index (χ2n) is 8.88. The number of ether oxygens (including phenoxy) is 1. The van der Waals surface area contributed by atoms with E-state index in [-0.39, 0.29) is 0 Å². The molecule has 2 saturated heterocycles. The minimum absolute atomic E-state index is 0.427. The zero-order valence-corrected chi connectivity index (χ0v) is 18.5. The van der Waals surface area contributed by atoms with Gasteiger partial charge in [0, 0.05) is 38.3 Å². The van der Waals surface area contributed by atoms with Crippen molar-refractivity contribution in [2.24, 2.45) is 0 Å². The molecule has 3 nitrogen and oxygen atoms in total. The summed E-state index contributed by atoms with van der Waals surface area (Å²) in [5, 5.41) is 0. The first-order chi connectivity index (χ1) is 14.8. The molecule has 168 valence electrons. The first-order valence-electron chi connectivity index (χ1n) is 11.1. The molecule has 0 saturated carbocycles. The lowest BCUT2D eigenvalue weighted by Gasteiger charge is -2.49. The molecule has 2 atom stereocenters. The highest BCUT2D eigenvalue weighted by atomic mass is 19.4. The van der Waals surface area contributed by atoms with Crippen LogP contribution in [0.25, 0.3) is 0 Å². The summed E-state index contributed by atoms with van der Waals surface area (Å²) in [5.74, 6) is 0.940. The Bertz CT molecular complexity index is 910. The van der Waals surface area contributed by atoms with E-state index in [0.29, 0.717) is 18.6 Å². The number of nitrogens with zero attached hydrogens (tertiary/aromatic N) is 2. The number of piperidine rings is 1. The molecule has 4 rings (SSSR count). The Labute approximate surface area is 182 Å². The van der Waals surface area contributed by atoms with E-state index >= 15 is 0 Å². The van der Waals surface area contributed by atoms with Crippen LogP contribution in [0, 0.1) is 13.8 Å². The highest BCUT2D eigenvalue weighted by Gasteiger charge is 2.36. The summed E-state index contributed by atoms with van der Waals surface area (Å²) in [7, 11) is 1.72. The predicted octanol–water partition coefficient (Wildman–Crippen LogP) is 5.74. The average Bonchev–Trinajstić information content (AvgIpc) is 2.75. The van der Waals surface area contributed by atoms with Crippen molar-refractivity contribution in [1.29, 1.82) is 0 Å². The molecule has 2 aromatic rings. The van der Waals surface area contributed by atoms with Crippen molar-refractivity contribution in [2.75, 3.05) is 26.7 Å². The number of piperazine rings is 1. The molecule has 0 amide bonds. The molecule has 6 heteroatoms. The Morgan fingerprint density at radius 1 is 0.968 bits per heavy atom. The first-order valence-corrected chi connectivity index (χ1v) is 11.1. The van der Waals surface area contributed by atoms with Gasteiger partial charge in [0.1, 0.15) is 5.75 Å². The molecule has 2 aromatic carbocycles. The fraction of sp³-hybridized carbons (Fsp3) is 0.520. The monoisotopic (exact) mass is 432 g/mol. The van der Waals surface area contributed by atoms with Crippen LogP contribution in [0.1, 0.15) is 53.1 Å². The van der Waals surface area contributed by atoms with Crippen molar-refractivity contribution < 1.29 is 17.9 Å². The standard InChI is InChI=1S/C25H31F3N2O/c1-17-18(2)24(31-3)12-11-22(17)23-6-4-5-21-16-29(13-14-30(21)23)15-19-7-9-20(10-8-19)25(26,27)28/h7-12,21,23H,4-6,13-16H2,1-3H3/t21-,23+/m0/s1. The predicted molar refractivity (Wildman–Crippen MR) is 116 cm³/mol. The van der Waals surface area contributed by atoms with Crippen LogP contribution in [-0.2, 0) is 12.7 Å². The summed E-state index contributed by atoms with van der Waals surface area (Å²) in [5.41, 5.74) is 4.29. The highest BCUT2D eigenvalue weighted by Crippen LogP contribution is 2.39. The SMILES string of the molecule is COc1ccc([C@H]2CCC[C@H]3CN(Cc4ccc(C(F)(F)F)cc4)CCN32)c(C)c1C. The number of benzene rings is 2. The van der Waals surface area contributed by atoms with Crippen molar-refractivity contribution >= 4 is 0 Å². The number of alkyl halides is 3. The molecule has 2 fully saturated rings. The van der Waals surface area contributed by atoms with Gasteiger partial charge >= 0.3 is 6.18 Å². The topological polar surface area (TPSA) is 15.7 Å². The van der Waals surface area contributed by atoms with Gasteiger partial charge in [-0.2, -0.15) is 13.2 Å². The van der Waals surface area contributed by atoms with Crippen LogP contribution in [-0.4, -0.2) is 42.6 Å². The van der Waals surface area contributed by atoms with Crippen LogP contribution in [0.4, 0.5) is 13.2 Å². The normalized spacial score (nSPS) is 22.9. The molecule has 0 aliphatic carbocycles. The third-order valence-electron chi connectivity index (χ3n) is 7.07. The van der Waals surface area contributed by atoms with Crippen molar-refractivity contribution in [3.8, 4) is 5.75 Å². The second kappa shape index (κ2) is 8.83. The molecule has 0 unspecified atom stereocenters. The zero-order chi connectivity index (χ0) is 22.2. The van der Waals surface area contributed by atoms with Crippen molar-refractivity contribution in [3.05, 3.63) is 64.2 Å². The van der Waals surface area contributed by atoms with E-state index < -0.39 is 11.7 Å². The van der Waals surface area contributed by atoms with E-state index in [1.165, 1.54) is 48.1 Å². The number of halogens is 3. The van der Waals surface area contributed by atoms with Gasteiger partial charge in [-0.15, -0.1) is 0 Å². The number of rotatable bonds is 4. The third-order valence-corrected chi connectivity index (χ3v) is 7.07. The lowest BCUT2D eigenvalue weighted by atomic mass is 9.86. The smallest absolute Gasteiger partial charge is 0.416 e. The maximum absolute atomic E-state index is 12.8. The molecule has 2 aliphatic rings. The van der Waals surface area contributed by atoms with Crippen molar-refractivity contribution in [3.63, 3.8) is 0 Å². The largest absolute Gasteiger partial charge is 0.496 e. The Balaban J connectivity index is 1.44. The average molecular weight is 433 g/mol. The Morgan fingerprint density at radius 3 is 2.39 bits per heavy atom. The quantitative estimate of drug-likeness (QED) is 0.613.